The molecule has 0 radical (unpaired) electrons. The first-order chi connectivity index (χ1) is 6.68. The van der Waals surface area contributed by atoms with Crippen LogP contribution < -0.4 is 5.73 Å². The number of likely N-dealkylation sites (tertiary alicyclic amines) is 1. The molecule has 4 heteroatoms. The molecule has 2 N–H and O–H groups in total. The minimum atomic E-state index is -0.0424. The number of rotatable bonds is 2. The number of oxazole rings is 1. The maximum atomic E-state index is 5.72. The SMILES string of the molecule is CC(N)c1coc(C2CCCN2C)n1. The molecule has 2 unspecified atom stereocenters. The summed E-state index contributed by atoms with van der Waals surface area (Å²) < 4.78 is 5.45. The molecule has 1 fully saturated rings. The average molecular weight is 195 g/mol. The van der Waals surface area contributed by atoms with Crippen LogP contribution in [0.5, 0.6) is 0 Å². The zero-order chi connectivity index (χ0) is 10.1. The van der Waals surface area contributed by atoms with Crippen LogP contribution in [0.4, 0.5) is 0 Å². The molecule has 1 aliphatic rings. The molecule has 1 saturated heterocycles. The third kappa shape index (κ3) is 1.67. The van der Waals surface area contributed by atoms with E-state index in [0.29, 0.717) is 6.04 Å². The fourth-order valence-corrected chi connectivity index (χ4v) is 1.89. The van der Waals surface area contributed by atoms with E-state index in [2.05, 4.69) is 16.9 Å². The molecule has 4 nitrogen and oxygen atoms in total. The summed E-state index contributed by atoms with van der Waals surface area (Å²) >= 11 is 0. The summed E-state index contributed by atoms with van der Waals surface area (Å²) in [6.07, 6.45) is 4.03. The smallest absolute Gasteiger partial charge is 0.211 e. The number of aromatic nitrogens is 1. The Bertz CT molecular complexity index is 308. The Morgan fingerprint density at radius 3 is 3.00 bits per heavy atom. The van der Waals surface area contributed by atoms with Crippen molar-refractivity contribution in [2.24, 2.45) is 5.73 Å². The summed E-state index contributed by atoms with van der Waals surface area (Å²) in [7, 11) is 2.10. The molecular weight excluding hydrogens is 178 g/mol. The lowest BCUT2D eigenvalue weighted by molar-refractivity contribution is 0.268. The summed E-state index contributed by atoms with van der Waals surface area (Å²) in [5.74, 6) is 0.817. The van der Waals surface area contributed by atoms with Gasteiger partial charge in [0.15, 0.2) is 0 Å². The van der Waals surface area contributed by atoms with Gasteiger partial charge in [-0.2, -0.15) is 0 Å². The van der Waals surface area contributed by atoms with Gasteiger partial charge in [0.2, 0.25) is 5.89 Å². The van der Waals surface area contributed by atoms with Crippen molar-refractivity contribution in [3.05, 3.63) is 17.8 Å². The van der Waals surface area contributed by atoms with Crippen LogP contribution in [0, 0.1) is 0 Å². The molecule has 1 aromatic rings. The molecule has 0 amide bonds. The van der Waals surface area contributed by atoms with E-state index in [0.717, 1.165) is 24.6 Å². The van der Waals surface area contributed by atoms with E-state index in [4.69, 9.17) is 10.2 Å². The van der Waals surface area contributed by atoms with Gasteiger partial charge in [0.25, 0.3) is 0 Å². The molecular formula is C10H17N3O. The normalized spacial score (nSPS) is 25.5. The summed E-state index contributed by atoms with van der Waals surface area (Å²) in [5, 5.41) is 0. The highest BCUT2D eigenvalue weighted by Crippen LogP contribution is 2.30. The predicted octanol–water partition coefficient (Wildman–Crippen LogP) is 1.46. The largest absolute Gasteiger partial charge is 0.447 e. The van der Waals surface area contributed by atoms with Crippen LogP contribution >= 0.6 is 0 Å². The lowest BCUT2D eigenvalue weighted by Gasteiger charge is -2.15. The van der Waals surface area contributed by atoms with Gasteiger partial charge in [-0.3, -0.25) is 4.90 Å². The van der Waals surface area contributed by atoms with Crippen molar-refractivity contribution in [2.75, 3.05) is 13.6 Å². The molecule has 2 heterocycles. The second-order valence-corrected chi connectivity index (χ2v) is 4.04. The molecule has 1 aromatic heterocycles. The number of hydrogen-bond acceptors (Lipinski definition) is 4. The highest BCUT2D eigenvalue weighted by atomic mass is 16.3. The van der Waals surface area contributed by atoms with Crippen molar-refractivity contribution in [2.45, 2.75) is 31.8 Å². The van der Waals surface area contributed by atoms with Crippen molar-refractivity contribution in [1.29, 1.82) is 0 Å². The number of hydrogen-bond donors (Lipinski definition) is 1. The molecule has 0 spiro atoms. The Hall–Kier alpha value is -0.870. The second-order valence-electron chi connectivity index (χ2n) is 4.04. The maximum Gasteiger partial charge on any atom is 0.211 e. The first-order valence-corrected chi connectivity index (χ1v) is 5.09. The Morgan fingerprint density at radius 2 is 2.50 bits per heavy atom. The second kappa shape index (κ2) is 3.71. The zero-order valence-electron chi connectivity index (χ0n) is 8.73. The Kier molecular flexibility index (Phi) is 2.56. The first kappa shape index (κ1) is 9.68. The molecule has 78 valence electrons. The van der Waals surface area contributed by atoms with Crippen LogP contribution in [0.25, 0.3) is 0 Å². The van der Waals surface area contributed by atoms with Crippen LogP contribution in [-0.4, -0.2) is 23.5 Å². The molecule has 1 aliphatic heterocycles. The van der Waals surface area contributed by atoms with Crippen molar-refractivity contribution < 1.29 is 4.42 Å². The van der Waals surface area contributed by atoms with Gasteiger partial charge in [0.05, 0.1) is 11.7 Å². The van der Waals surface area contributed by atoms with E-state index in [1.54, 1.807) is 6.26 Å². The molecule has 0 bridgehead atoms. The van der Waals surface area contributed by atoms with Gasteiger partial charge in [-0.15, -0.1) is 0 Å². The van der Waals surface area contributed by atoms with Crippen molar-refractivity contribution in [1.82, 2.24) is 9.88 Å². The van der Waals surface area contributed by atoms with Gasteiger partial charge in [-0.25, -0.2) is 4.98 Å². The van der Waals surface area contributed by atoms with Crippen LogP contribution in [-0.2, 0) is 0 Å². The summed E-state index contributed by atoms with van der Waals surface area (Å²) in [5.41, 5.74) is 6.57. The summed E-state index contributed by atoms with van der Waals surface area (Å²) in [4.78, 5) is 6.68. The van der Waals surface area contributed by atoms with E-state index < -0.39 is 0 Å². The molecule has 0 aromatic carbocycles. The molecule has 14 heavy (non-hydrogen) atoms. The van der Waals surface area contributed by atoms with Gasteiger partial charge >= 0.3 is 0 Å². The first-order valence-electron chi connectivity index (χ1n) is 5.09. The maximum absolute atomic E-state index is 5.72. The van der Waals surface area contributed by atoms with Crippen LogP contribution in [0.2, 0.25) is 0 Å². The predicted molar refractivity (Wildman–Crippen MR) is 53.7 cm³/mol. The molecule has 0 saturated carbocycles. The van der Waals surface area contributed by atoms with E-state index in [9.17, 15) is 0 Å². The molecule has 2 atom stereocenters. The zero-order valence-corrected chi connectivity index (χ0v) is 8.73. The monoisotopic (exact) mass is 195 g/mol. The summed E-state index contributed by atoms with van der Waals surface area (Å²) in [6, 6.07) is 0.307. The average Bonchev–Trinajstić information content (AvgIpc) is 2.71. The summed E-state index contributed by atoms with van der Waals surface area (Å²) in [6.45, 7) is 3.04. The van der Waals surface area contributed by atoms with Crippen molar-refractivity contribution in [3.63, 3.8) is 0 Å². The van der Waals surface area contributed by atoms with E-state index in [1.165, 1.54) is 6.42 Å². The molecule has 0 aliphatic carbocycles. The minimum absolute atomic E-state index is 0.0424. The Balaban J connectivity index is 2.16. The van der Waals surface area contributed by atoms with Crippen molar-refractivity contribution >= 4 is 0 Å². The molecule has 2 rings (SSSR count). The Morgan fingerprint density at radius 1 is 1.71 bits per heavy atom. The topological polar surface area (TPSA) is 55.3 Å². The standard InChI is InChI=1S/C10H17N3O/c1-7(11)8-6-14-10(12-8)9-4-3-5-13(9)2/h6-7,9H,3-5,11H2,1-2H3. The van der Waals surface area contributed by atoms with E-state index in [-0.39, 0.29) is 6.04 Å². The lowest BCUT2D eigenvalue weighted by atomic mass is 10.2. The third-order valence-corrected chi connectivity index (χ3v) is 2.81. The van der Waals surface area contributed by atoms with Crippen molar-refractivity contribution in [3.8, 4) is 0 Å². The fraction of sp³-hybridized carbons (Fsp3) is 0.700. The number of nitrogens with two attached hydrogens (primary N) is 1. The van der Waals surface area contributed by atoms with Crippen LogP contribution in [0.1, 0.15) is 43.4 Å². The highest BCUT2D eigenvalue weighted by Gasteiger charge is 2.26. The minimum Gasteiger partial charge on any atom is -0.447 e. The van der Waals surface area contributed by atoms with E-state index in [1.807, 2.05) is 6.92 Å². The van der Waals surface area contributed by atoms with Crippen LogP contribution in [0.3, 0.4) is 0 Å². The Labute approximate surface area is 84.1 Å². The fourth-order valence-electron chi connectivity index (χ4n) is 1.89. The van der Waals surface area contributed by atoms with Gasteiger partial charge in [-0.05, 0) is 33.4 Å². The van der Waals surface area contributed by atoms with Gasteiger partial charge < -0.3 is 10.2 Å². The van der Waals surface area contributed by atoms with Crippen LogP contribution in [0.15, 0.2) is 10.7 Å². The quantitative estimate of drug-likeness (QED) is 0.776. The highest BCUT2D eigenvalue weighted by molar-refractivity contribution is 5.04. The lowest BCUT2D eigenvalue weighted by Crippen LogP contribution is -2.18. The number of nitrogens with zero attached hydrogens (tertiary/aromatic N) is 2. The van der Waals surface area contributed by atoms with Gasteiger partial charge in [0, 0.05) is 6.04 Å². The van der Waals surface area contributed by atoms with Gasteiger partial charge in [0.1, 0.15) is 6.26 Å². The van der Waals surface area contributed by atoms with E-state index >= 15 is 0 Å². The third-order valence-electron chi connectivity index (χ3n) is 2.81. The van der Waals surface area contributed by atoms with Gasteiger partial charge in [-0.1, -0.05) is 0 Å².